The highest BCUT2D eigenvalue weighted by Crippen LogP contribution is 2.23. The Hall–Kier alpha value is -1.99. The monoisotopic (exact) mass is 282 g/mol. The average Bonchev–Trinajstić information content (AvgIpc) is 2.80. The second kappa shape index (κ2) is 5.33. The summed E-state index contributed by atoms with van der Waals surface area (Å²) in [6.07, 6.45) is 0.906. The fourth-order valence-electron chi connectivity index (χ4n) is 1.53. The van der Waals surface area contributed by atoms with E-state index in [1.165, 1.54) is 16.8 Å². The summed E-state index contributed by atoms with van der Waals surface area (Å²) in [5.41, 5.74) is 1.09. The van der Waals surface area contributed by atoms with Gasteiger partial charge in [-0.1, -0.05) is 16.8 Å². The third-order valence-corrected chi connectivity index (χ3v) is 2.92. The predicted molar refractivity (Wildman–Crippen MR) is 67.9 cm³/mol. The van der Waals surface area contributed by atoms with E-state index in [9.17, 15) is 15.2 Å². The van der Waals surface area contributed by atoms with Gasteiger partial charge < -0.3 is 5.11 Å². The molecular formula is C11H11ClN4O3. The molecule has 1 N–H and O–H groups in total. The molecule has 0 aliphatic carbocycles. The largest absolute Gasteiger partial charge is 0.387 e. The summed E-state index contributed by atoms with van der Waals surface area (Å²) in [5, 5.41) is 27.9. The number of hydrogen-bond donors (Lipinski definition) is 1. The van der Waals surface area contributed by atoms with E-state index >= 15 is 0 Å². The van der Waals surface area contributed by atoms with Crippen molar-refractivity contribution in [3.8, 4) is 0 Å². The number of rotatable bonds is 4. The number of non-ortho nitro benzene ring substituents is 1. The molecule has 0 saturated heterocycles. The molecule has 100 valence electrons. The van der Waals surface area contributed by atoms with Crippen molar-refractivity contribution in [3.05, 3.63) is 50.8 Å². The second-order valence-electron chi connectivity index (χ2n) is 4.05. The summed E-state index contributed by atoms with van der Waals surface area (Å²) in [7, 11) is 0. The Morgan fingerprint density at radius 1 is 1.58 bits per heavy atom. The molecule has 1 heterocycles. The highest BCUT2D eigenvalue weighted by molar-refractivity contribution is 6.31. The summed E-state index contributed by atoms with van der Waals surface area (Å²) >= 11 is 5.98. The van der Waals surface area contributed by atoms with Crippen LogP contribution >= 0.6 is 11.6 Å². The molecule has 0 saturated carbocycles. The van der Waals surface area contributed by atoms with Crippen molar-refractivity contribution < 1.29 is 10.0 Å². The highest BCUT2D eigenvalue weighted by atomic mass is 35.5. The molecule has 7 nitrogen and oxygen atoms in total. The topological polar surface area (TPSA) is 94.1 Å². The third-order valence-electron chi connectivity index (χ3n) is 2.56. The number of benzene rings is 1. The Morgan fingerprint density at radius 3 is 2.84 bits per heavy atom. The summed E-state index contributed by atoms with van der Waals surface area (Å²) in [4.78, 5) is 10.1. The van der Waals surface area contributed by atoms with Crippen molar-refractivity contribution in [1.29, 1.82) is 0 Å². The van der Waals surface area contributed by atoms with Crippen molar-refractivity contribution in [2.75, 3.05) is 0 Å². The number of nitro groups is 1. The van der Waals surface area contributed by atoms with Crippen LogP contribution in [0.2, 0.25) is 5.02 Å². The third kappa shape index (κ3) is 3.07. The van der Waals surface area contributed by atoms with Crippen LogP contribution in [0.25, 0.3) is 0 Å². The van der Waals surface area contributed by atoms with Crippen molar-refractivity contribution in [2.24, 2.45) is 0 Å². The van der Waals surface area contributed by atoms with Crippen molar-refractivity contribution in [2.45, 2.75) is 19.6 Å². The lowest BCUT2D eigenvalue weighted by molar-refractivity contribution is -0.384. The first-order valence-corrected chi connectivity index (χ1v) is 5.86. The van der Waals surface area contributed by atoms with Crippen molar-refractivity contribution >= 4 is 17.3 Å². The van der Waals surface area contributed by atoms with Crippen LogP contribution in [0, 0.1) is 10.1 Å². The van der Waals surface area contributed by atoms with Gasteiger partial charge in [0.15, 0.2) is 0 Å². The lowest BCUT2D eigenvalue weighted by Gasteiger charge is -2.03. The predicted octanol–water partition coefficient (Wildman–Crippen LogP) is 1.94. The van der Waals surface area contributed by atoms with Gasteiger partial charge in [-0.25, -0.2) is 4.68 Å². The molecule has 2 aromatic rings. The molecule has 0 spiro atoms. The van der Waals surface area contributed by atoms with E-state index in [-0.39, 0.29) is 5.69 Å². The maximum atomic E-state index is 10.6. The second-order valence-corrected chi connectivity index (χ2v) is 4.46. The number of aliphatic hydroxyl groups is 1. The summed E-state index contributed by atoms with van der Waals surface area (Å²) in [6, 6.07) is 4.25. The van der Waals surface area contributed by atoms with Crippen LogP contribution < -0.4 is 0 Å². The summed E-state index contributed by atoms with van der Waals surface area (Å²) in [5.74, 6) is 0. The van der Waals surface area contributed by atoms with Crippen LogP contribution in [0.4, 0.5) is 5.69 Å². The van der Waals surface area contributed by atoms with Crippen molar-refractivity contribution in [3.63, 3.8) is 0 Å². The maximum Gasteiger partial charge on any atom is 0.270 e. The Labute approximate surface area is 113 Å². The zero-order chi connectivity index (χ0) is 14.0. The quantitative estimate of drug-likeness (QED) is 0.683. The Bertz CT molecular complexity index is 612. The van der Waals surface area contributed by atoms with E-state index in [2.05, 4.69) is 10.3 Å². The van der Waals surface area contributed by atoms with Gasteiger partial charge in [-0.3, -0.25) is 10.1 Å². The number of hydrogen-bond acceptors (Lipinski definition) is 5. The van der Waals surface area contributed by atoms with E-state index < -0.39 is 11.0 Å². The lowest BCUT2D eigenvalue weighted by atomic mass is 10.2. The van der Waals surface area contributed by atoms with Gasteiger partial charge in [-0.15, -0.1) is 5.10 Å². The fraction of sp³-hybridized carbons (Fsp3) is 0.273. The number of nitrogens with zero attached hydrogens (tertiary/aromatic N) is 4. The van der Waals surface area contributed by atoms with Crippen LogP contribution in [0.15, 0.2) is 24.4 Å². The number of aliphatic hydroxyl groups excluding tert-OH is 1. The first kappa shape index (κ1) is 13.4. The molecule has 1 aromatic carbocycles. The van der Waals surface area contributed by atoms with Gasteiger partial charge in [0.05, 0.1) is 28.8 Å². The SMILES string of the molecule is CC(O)c1cn(Cc2ccc([N+](=O)[O-])cc2Cl)nn1. The number of aromatic nitrogens is 3. The smallest absolute Gasteiger partial charge is 0.270 e. The maximum absolute atomic E-state index is 10.6. The molecule has 2 rings (SSSR count). The zero-order valence-electron chi connectivity index (χ0n) is 10.0. The Morgan fingerprint density at radius 2 is 2.32 bits per heavy atom. The van der Waals surface area contributed by atoms with Gasteiger partial charge in [-0.05, 0) is 18.6 Å². The van der Waals surface area contributed by atoms with E-state index in [0.29, 0.717) is 22.8 Å². The van der Waals surface area contributed by atoms with Gasteiger partial charge >= 0.3 is 0 Å². The molecule has 1 atom stereocenters. The molecule has 0 bridgehead atoms. The van der Waals surface area contributed by atoms with Gasteiger partial charge in [-0.2, -0.15) is 0 Å². The molecular weight excluding hydrogens is 272 g/mol. The number of halogens is 1. The minimum absolute atomic E-state index is 0.0583. The summed E-state index contributed by atoms with van der Waals surface area (Å²) < 4.78 is 1.51. The van der Waals surface area contributed by atoms with Crippen LogP contribution in [-0.2, 0) is 6.54 Å². The van der Waals surface area contributed by atoms with Gasteiger partial charge in [0, 0.05) is 12.1 Å². The van der Waals surface area contributed by atoms with Gasteiger partial charge in [0.25, 0.3) is 5.69 Å². The first-order chi connectivity index (χ1) is 8.97. The molecule has 0 aliphatic rings. The number of nitro benzene ring substituents is 1. The molecule has 0 fully saturated rings. The van der Waals surface area contributed by atoms with Crippen LogP contribution in [0.1, 0.15) is 24.3 Å². The Kier molecular flexibility index (Phi) is 3.77. The van der Waals surface area contributed by atoms with Crippen LogP contribution in [-0.4, -0.2) is 25.0 Å². The van der Waals surface area contributed by atoms with Crippen LogP contribution in [0.3, 0.4) is 0 Å². The molecule has 0 amide bonds. The molecule has 8 heteroatoms. The molecule has 19 heavy (non-hydrogen) atoms. The van der Waals surface area contributed by atoms with Crippen LogP contribution in [0.5, 0.6) is 0 Å². The van der Waals surface area contributed by atoms with E-state index in [1.54, 1.807) is 19.2 Å². The van der Waals surface area contributed by atoms with Crippen molar-refractivity contribution in [1.82, 2.24) is 15.0 Å². The standard InChI is InChI=1S/C11H11ClN4O3/c1-7(17)11-6-15(14-13-11)5-8-2-3-9(16(18)19)4-10(8)12/h2-4,6-7,17H,5H2,1H3. The summed E-state index contributed by atoms with van der Waals surface area (Å²) in [6.45, 7) is 1.92. The molecule has 0 aliphatic heterocycles. The fourth-order valence-corrected chi connectivity index (χ4v) is 1.77. The van der Waals surface area contributed by atoms with E-state index in [1.807, 2.05) is 0 Å². The zero-order valence-corrected chi connectivity index (χ0v) is 10.8. The Balaban J connectivity index is 2.20. The first-order valence-electron chi connectivity index (χ1n) is 5.48. The van der Waals surface area contributed by atoms with Gasteiger partial charge in [0.1, 0.15) is 5.69 Å². The van der Waals surface area contributed by atoms with E-state index in [4.69, 9.17) is 11.6 Å². The van der Waals surface area contributed by atoms with Gasteiger partial charge in [0.2, 0.25) is 0 Å². The normalized spacial score (nSPS) is 12.4. The van der Waals surface area contributed by atoms with E-state index in [0.717, 1.165) is 0 Å². The highest BCUT2D eigenvalue weighted by Gasteiger charge is 2.11. The molecule has 1 aromatic heterocycles. The minimum atomic E-state index is -0.693. The lowest BCUT2D eigenvalue weighted by Crippen LogP contribution is -2.01. The molecule has 0 radical (unpaired) electrons. The molecule has 1 unspecified atom stereocenters. The average molecular weight is 283 g/mol. The minimum Gasteiger partial charge on any atom is -0.387 e.